The summed E-state index contributed by atoms with van der Waals surface area (Å²) in [6.07, 6.45) is 10.6. The molecule has 0 radical (unpaired) electrons. The zero-order chi connectivity index (χ0) is 23.5. The molecule has 3 aliphatic heterocycles. The molecule has 3 heterocycles. The van der Waals surface area contributed by atoms with Crippen LogP contribution in [0.15, 0.2) is 52.1 Å². The Hall–Kier alpha value is -2.87. The number of hydrogen-bond donors (Lipinski definition) is 0. The Bertz CT molecular complexity index is 1230. The molecule has 1 aromatic rings. The Morgan fingerprint density at radius 2 is 1.91 bits per heavy atom. The van der Waals surface area contributed by atoms with Crippen LogP contribution < -0.4 is 5.56 Å². The van der Waals surface area contributed by atoms with Crippen LogP contribution in [-0.4, -0.2) is 42.4 Å². The number of fused-ring (bicyclic) bond motifs is 3. The Balaban J connectivity index is 1.49. The van der Waals surface area contributed by atoms with Crippen LogP contribution in [0.2, 0.25) is 0 Å². The number of benzene rings is 1. The van der Waals surface area contributed by atoms with Crippen LogP contribution in [-0.2, 0) is 17.8 Å². The molecule has 4 aliphatic rings. The van der Waals surface area contributed by atoms with Gasteiger partial charge in [0.25, 0.3) is 5.56 Å². The Kier molecular flexibility index (Phi) is 6.85. The van der Waals surface area contributed by atoms with E-state index in [4.69, 9.17) is 4.98 Å². The number of para-hydroxylation sites is 1. The Morgan fingerprint density at radius 1 is 1.09 bits per heavy atom. The van der Waals surface area contributed by atoms with Crippen molar-refractivity contribution in [3.8, 4) is 17.1 Å². The monoisotopic (exact) mass is 477 g/mol. The second kappa shape index (κ2) is 10.2. The third-order valence-corrected chi connectivity index (χ3v) is 7.68. The first kappa shape index (κ1) is 22.9. The van der Waals surface area contributed by atoms with Crippen molar-refractivity contribution in [1.29, 1.82) is 0 Å². The van der Waals surface area contributed by atoms with Crippen molar-refractivity contribution >= 4 is 17.7 Å². The van der Waals surface area contributed by atoms with Gasteiger partial charge in [-0.1, -0.05) is 42.5 Å². The van der Waals surface area contributed by atoms with Gasteiger partial charge in [0.1, 0.15) is 5.56 Å². The molecule has 1 amide bonds. The first-order valence-corrected chi connectivity index (χ1v) is 13.4. The van der Waals surface area contributed by atoms with Gasteiger partial charge in [0, 0.05) is 24.5 Å². The average Bonchev–Trinajstić information content (AvgIpc) is 3.03. The van der Waals surface area contributed by atoms with E-state index >= 15 is 0 Å². The van der Waals surface area contributed by atoms with Gasteiger partial charge < -0.3 is 9.47 Å². The van der Waals surface area contributed by atoms with Crippen molar-refractivity contribution in [2.75, 3.05) is 12.3 Å². The number of hydrogen-bond acceptors (Lipinski definition) is 5. The highest BCUT2D eigenvalue weighted by Crippen LogP contribution is 2.31. The smallest absolute Gasteiger partial charge is 0.284 e. The molecule has 0 saturated heterocycles. The maximum atomic E-state index is 13.4. The van der Waals surface area contributed by atoms with E-state index in [9.17, 15) is 9.59 Å². The minimum absolute atomic E-state index is 0.116. The van der Waals surface area contributed by atoms with Crippen molar-refractivity contribution in [1.82, 2.24) is 24.2 Å². The molecule has 0 N–H and O–H groups in total. The van der Waals surface area contributed by atoms with Gasteiger partial charge in [0.2, 0.25) is 5.91 Å². The molecule has 0 atom stereocenters. The fourth-order valence-corrected chi connectivity index (χ4v) is 5.93. The van der Waals surface area contributed by atoms with E-state index in [2.05, 4.69) is 15.7 Å². The van der Waals surface area contributed by atoms with Crippen LogP contribution in [0, 0.1) is 0 Å². The summed E-state index contributed by atoms with van der Waals surface area (Å²) in [6, 6.07) is 9.49. The summed E-state index contributed by atoms with van der Waals surface area (Å²) in [7, 11) is 0. The van der Waals surface area contributed by atoms with Gasteiger partial charge in [-0.05, 0) is 64.0 Å². The summed E-state index contributed by atoms with van der Waals surface area (Å²) < 4.78 is 3.62. The van der Waals surface area contributed by atoms with Crippen molar-refractivity contribution in [2.45, 2.75) is 70.0 Å². The van der Waals surface area contributed by atoms with Gasteiger partial charge in [-0.3, -0.25) is 9.59 Å². The SMILES string of the molecule is CCN(C(=O)CSc1nc2nn(-c3ccccc3)c(=O)c-2c2n1CCCCC2)C1=CCCCC1. The highest BCUT2D eigenvalue weighted by Gasteiger charge is 2.28. The number of amides is 1. The topological polar surface area (TPSA) is 73.0 Å². The quantitative estimate of drug-likeness (QED) is 0.381. The molecule has 5 rings (SSSR count). The molecule has 1 aliphatic carbocycles. The maximum Gasteiger partial charge on any atom is 0.284 e. The summed E-state index contributed by atoms with van der Waals surface area (Å²) in [5.41, 5.74) is 3.40. The molecule has 0 unspecified atom stereocenters. The summed E-state index contributed by atoms with van der Waals surface area (Å²) in [5, 5.41) is 5.38. The lowest BCUT2D eigenvalue weighted by molar-refractivity contribution is -0.126. The number of carbonyl (C=O) groups is 1. The Morgan fingerprint density at radius 3 is 2.68 bits per heavy atom. The first-order chi connectivity index (χ1) is 16.7. The van der Waals surface area contributed by atoms with Gasteiger partial charge >= 0.3 is 0 Å². The summed E-state index contributed by atoms with van der Waals surface area (Å²) in [6.45, 7) is 3.53. The van der Waals surface area contributed by atoms with Crippen molar-refractivity contribution in [3.05, 3.63) is 58.2 Å². The van der Waals surface area contributed by atoms with Crippen molar-refractivity contribution in [2.24, 2.45) is 0 Å². The zero-order valence-corrected chi connectivity index (χ0v) is 20.5. The lowest BCUT2D eigenvalue weighted by Crippen LogP contribution is -2.32. The number of rotatable bonds is 6. The highest BCUT2D eigenvalue weighted by molar-refractivity contribution is 7.99. The molecule has 7 nitrogen and oxygen atoms in total. The van der Waals surface area contributed by atoms with E-state index in [1.165, 1.54) is 22.9 Å². The predicted molar refractivity (Wildman–Crippen MR) is 134 cm³/mol. The van der Waals surface area contributed by atoms with Crippen LogP contribution in [0.5, 0.6) is 0 Å². The first-order valence-electron chi connectivity index (χ1n) is 12.4. The predicted octanol–water partition coefficient (Wildman–Crippen LogP) is 4.66. The number of aromatic nitrogens is 4. The number of nitrogens with zero attached hydrogens (tertiary/aromatic N) is 5. The second-order valence-electron chi connectivity index (χ2n) is 8.92. The standard InChI is InChI=1S/C26H31N5O2S/c1-2-29(19-12-6-3-7-13-19)22(32)18-34-26-27-24-23(21-16-10-5-11-17-30(21)26)25(33)31(28-24)20-14-8-4-9-15-20/h4,8-9,12,14-15H,2-3,5-7,10-11,13,16-18H2,1H3. The van der Waals surface area contributed by atoms with Crippen LogP contribution in [0.3, 0.4) is 0 Å². The molecule has 0 fully saturated rings. The van der Waals surface area contributed by atoms with E-state index in [1.54, 1.807) is 0 Å². The number of carbonyl (C=O) groups excluding carboxylic acids is 1. The molecule has 8 heteroatoms. The molecule has 0 bridgehead atoms. The fraction of sp³-hybridized carbons (Fsp3) is 0.462. The van der Waals surface area contributed by atoms with E-state index in [0.29, 0.717) is 23.7 Å². The molecule has 1 aromatic carbocycles. The molecule has 0 spiro atoms. The van der Waals surface area contributed by atoms with Crippen LogP contribution in [0.1, 0.15) is 57.6 Å². The molecule has 178 valence electrons. The van der Waals surface area contributed by atoms with Gasteiger partial charge in [0.05, 0.1) is 11.4 Å². The van der Waals surface area contributed by atoms with E-state index in [1.807, 2.05) is 42.2 Å². The minimum atomic E-state index is -0.117. The highest BCUT2D eigenvalue weighted by atomic mass is 32.2. The van der Waals surface area contributed by atoms with E-state index in [-0.39, 0.29) is 11.5 Å². The molecular formula is C26H31N5O2S. The maximum absolute atomic E-state index is 13.4. The zero-order valence-electron chi connectivity index (χ0n) is 19.7. The third kappa shape index (κ3) is 4.43. The van der Waals surface area contributed by atoms with Crippen LogP contribution >= 0.6 is 11.8 Å². The molecule has 0 aromatic heterocycles. The van der Waals surface area contributed by atoms with Crippen molar-refractivity contribution in [3.63, 3.8) is 0 Å². The minimum Gasteiger partial charge on any atom is -0.324 e. The van der Waals surface area contributed by atoms with E-state index in [0.717, 1.165) is 73.7 Å². The summed E-state index contributed by atoms with van der Waals surface area (Å²) in [4.78, 5) is 33.3. The lowest BCUT2D eigenvalue weighted by atomic mass is 10.0. The normalized spacial score (nSPS) is 16.1. The van der Waals surface area contributed by atoms with Gasteiger partial charge in [-0.2, -0.15) is 4.68 Å². The van der Waals surface area contributed by atoms with Gasteiger partial charge in [-0.15, -0.1) is 5.10 Å². The third-order valence-electron chi connectivity index (χ3n) is 6.72. The van der Waals surface area contributed by atoms with Crippen LogP contribution in [0.4, 0.5) is 0 Å². The van der Waals surface area contributed by atoms with Gasteiger partial charge in [-0.25, -0.2) is 4.98 Å². The number of allylic oxidation sites excluding steroid dienone is 2. The average molecular weight is 478 g/mol. The molecule has 34 heavy (non-hydrogen) atoms. The molecular weight excluding hydrogens is 446 g/mol. The summed E-state index contributed by atoms with van der Waals surface area (Å²) >= 11 is 1.47. The lowest BCUT2D eigenvalue weighted by Gasteiger charge is -2.26. The molecule has 0 saturated carbocycles. The van der Waals surface area contributed by atoms with Crippen molar-refractivity contribution < 1.29 is 4.79 Å². The fourth-order valence-electron chi connectivity index (χ4n) is 5.02. The van der Waals surface area contributed by atoms with Gasteiger partial charge in [0.15, 0.2) is 11.0 Å². The number of thioether (sulfide) groups is 1. The summed E-state index contributed by atoms with van der Waals surface area (Å²) in [5.74, 6) is 0.913. The van der Waals surface area contributed by atoms with E-state index < -0.39 is 0 Å². The largest absolute Gasteiger partial charge is 0.324 e. The Labute approximate surface area is 204 Å². The van der Waals surface area contributed by atoms with Crippen LogP contribution in [0.25, 0.3) is 17.1 Å². The second-order valence-corrected chi connectivity index (χ2v) is 9.86.